The van der Waals surface area contributed by atoms with Gasteiger partial charge < -0.3 is 0 Å². The largest absolute Gasteiger partial charge is 0.248 e. The Kier molecular flexibility index (Phi) is 4.48. The van der Waals surface area contributed by atoms with Gasteiger partial charge in [0.05, 0.1) is 5.02 Å². The molecule has 6 heteroatoms. The lowest BCUT2D eigenvalue weighted by Crippen LogP contribution is -2.16. The van der Waals surface area contributed by atoms with Crippen molar-refractivity contribution >= 4 is 39.3 Å². The highest BCUT2D eigenvalue weighted by molar-refractivity contribution is 9.10. The minimum atomic E-state index is -0.104. The van der Waals surface area contributed by atoms with Crippen LogP contribution in [0.1, 0.15) is 26.6 Å². The number of rotatable bonds is 2. The van der Waals surface area contributed by atoms with E-state index in [0.29, 0.717) is 5.02 Å². The minimum absolute atomic E-state index is 0.104. The van der Waals surface area contributed by atoms with Gasteiger partial charge in [-0.1, -0.05) is 32.4 Å². The Morgan fingerprint density at radius 2 is 2.00 bits per heavy atom. The first kappa shape index (κ1) is 14.8. The quantitative estimate of drug-likeness (QED) is 0.727. The van der Waals surface area contributed by atoms with Crippen LogP contribution >= 0.6 is 39.3 Å². The van der Waals surface area contributed by atoms with E-state index in [0.717, 1.165) is 20.5 Å². The number of hydrogen-bond acceptors (Lipinski definition) is 4. The first-order valence-electron chi connectivity index (χ1n) is 5.70. The van der Waals surface area contributed by atoms with Gasteiger partial charge in [0.1, 0.15) is 20.5 Å². The fraction of sp³-hybridized carbons (Fsp3) is 0.308. The normalized spacial score (nSPS) is 11.6. The van der Waals surface area contributed by atoms with Crippen molar-refractivity contribution in [3.63, 3.8) is 0 Å². The number of hydrogen-bond donors (Lipinski definition) is 0. The van der Waals surface area contributed by atoms with Crippen LogP contribution in [0.15, 0.2) is 39.1 Å². The molecule has 2 rings (SSSR count). The predicted molar refractivity (Wildman–Crippen MR) is 81.8 cm³/mol. The van der Waals surface area contributed by atoms with Gasteiger partial charge in [-0.3, -0.25) is 0 Å². The van der Waals surface area contributed by atoms with Crippen LogP contribution in [-0.2, 0) is 5.41 Å². The van der Waals surface area contributed by atoms with E-state index in [-0.39, 0.29) is 5.41 Å². The average molecular weight is 359 g/mol. The van der Waals surface area contributed by atoms with Crippen molar-refractivity contribution < 1.29 is 0 Å². The summed E-state index contributed by atoms with van der Waals surface area (Å²) in [6.07, 6.45) is 1.72. The topological polar surface area (TPSA) is 38.7 Å². The third kappa shape index (κ3) is 3.91. The molecule has 19 heavy (non-hydrogen) atoms. The fourth-order valence-electron chi connectivity index (χ4n) is 1.33. The van der Waals surface area contributed by atoms with Crippen LogP contribution in [0.25, 0.3) is 0 Å². The van der Waals surface area contributed by atoms with Crippen molar-refractivity contribution in [3.05, 3.63) is 39.8 Å². The molecule has 0 aliphatic heterocycles. The van der Waals surface area contributed by atoms with E-state index in [4.69, 9.17) is 11.6 Å². The number of aromatic nitrogens is 3. The van der Waals surface area contributed by atoms with E-state index in [1.54, 1.807) is 6.20 Å². The lowest BCUT2D eigenvalue weighted by Gasteiger charge is -2.17. The van der Waals surface area contributed by atoms with Crippen molar-refractivity contribution in [3.8, 4) is 0 Å². The second-order valence-corrected chi connectivity index (χ2v) is 7.22. The number of halogens is 2. The second-order valence-electron chi connectivity index (χ2n) is 4.99. The molecule has 0 atom stereocenters. The van der Waals surface area contributed by atoms with Crippen LogP contribution in [-0.4, -0.2) is 15.0 Å². The smallest absolute Gasteiger partial charge is 0.136 e. The Labute approximate surface area is 130 Å². The molecule has 0 aliphatic rings. The minimum Gasteiger partial charge on any atom is -0.248 e. The van der Waals surface area contributed by atoms with Crippen molar-refractivity contribution in [2.24, 2.45) is 0 Å². The molecular weight excluding hydrogens is 346 g/mol. The fourth-order valence-corrected chi connectivity index (χ4v) is 2.88. The Morgan fingerprint density at radius 1 is 1.26 bits per heavy atom. The summed E-state index contributed by atoms with van der Waals surface area (Å²) in [5.74, 6) is 0.788. The molecule has 3 nitrogen and oxygen atoms in total. The summed E-state index contributed by atoms with van der Waals surface area (Å²) in [4.78, 5) is 13.2. The molecular formula is C13H13BrClN3S. The summed E-state index contributed by atoms with van der Waals surface area (Å²) in [5, 5.41) is 2.20. The maximum absolute atomic E-state index is 6.11. The van der Waals surface area contributed by atoms with Gasteiger partial charge in [0, 0.05) is 17.7 Å². The summed E-state index contributed by atoms with van der Waals surface area (Å²) in [6, 6.07) is 5.49. The zero-order valence-corrected chi connectivity index (χ0v) is 14.0. The van der Waals surface area contributed by atoms with E-state index in [1.807, 2.05) is 18.2 Å². The molecule has 2 aromatic rings. The van der Waals surface area contributed by atoms with Gasteiger partial charge in [0.2, 0.25) is 0 Å². The maximum Gasteiger partial charge on any atom is 0.136 e. The average Bonchev–Trinajstić information content (AvgIpc) is 2.30. The van der Waals surface area contributed by atoms with Crippen molar-refractivity contribution in [2.45, 2.75) is 36.2 Å². The second kappa shape index (κ2) is 5.77. The highest BCUT2D eigenvalue weighted by Gasteiger charge is 2.19. The van der Waals surface area contributed by atoms with E-state index >= 15 is 0 Å². The monoisotopic (exact) mass is 357 g/mol. The maximum atomic E-state index is 6.11. The van der Waals surface area contributed by atoms with Gasteiger partial charge in [-0.05, 0) is 39.8 Å². The molecule has 0 amide bonds. The molecule has 0 bridgehead atoms. The third-order valence-corrected chi connectivity index (χ3v) is 4.03. The molecule has 2 heterocycles. The van der Waals surface area contributed by atoms with Gasteiger partial charge in [-0.15, -0.1) is 0 Å². The standard InChI is InChI=1S/C13H13BrClN3S/c1-13(2,3)12-17-9(14)7-10(18-12)19-11-8(15)5-4-6-16-11/h4-7H,1-3H3. The summed E-state index contributed by atoms with van der Waals surface area (Å²) >= 11 is 11.0. The van der Waals surface area contributed by atoms with Gasteiger partial charge >= 0.3 is 0 Å². The third-order valence-electron chi connectivity index (χ3n) is 2.27. The first-order valence-corrected chi connectivity index (χ1v) is 7.68. The van der Waals surface area contributed by atoms with Gasteiger partial charge in [-0.25, -0.2) is 15.0 Å². The van der Waals surface area contributed by atoms with Gasteiger partial charge in [-0.2, -0.15) is 0 Å². The van der Waals surface area contributed by atoms with Crippen LogP contribution in [0.4, 0.5) is 0 Å². The zero-order chi connectivity index (χ0) is 14.0. The molecule has 2 aromatic heterocycles. The lowest BCUT2D eigenvalue weighted by atomic mass is 9.96. The summed E-state index contributed by atoms with van der Waals surface area (Å²) in [6.45, 7) is 6.24. The predicted octanol–water partition coefficient (Wildman–Crippen LogP) is 4.74. The molecule has 0 fully saturated rings. The molecule has 0 N–H and O–H groups in total. The van der Waals surface area contributed by atoms with Crippen LogP contribution in [0.2, 0.25) is 5.02 Å². The molecule has 0 spiro atoms. The van der Waals surface area contributed by atoms with E-state index in [9.17, 15) is 0 Å². The van der Waals surface area contributed by atoms with Gasteiger partial charge in [0.25, 0.3) is 0 Å². The Morgan fingerprint density at radius 3 is 2.63 bits per heavy atom. The molecule has 0 unspecified atom stereocenters. The van der Waals surface area contributed by atoms with Crippen molar-refractivity contribution in [1.29, 1.82) is 0 Å². The highest BCUT2D eigenvalue weighted by Crippen LogP contribution is 2.32. The Hall–Kier alpha value is -0.650. The molecule has 0 aliphatic carbocycles. The number of pyridine rings is 1. The molecule has 0 saturated carbocycles. The molecule has 0 radical (unpaired) electrons. The molecule has 100 valence electrons. The van der Waals surface area contributed by atoms with E-state index < -0.39 is 0 Å². The van der Waals surface area contributed by atoms with E-state index in [1.165, 1.54) is 11.8 Å². The van der Waals surface area contributed by atoms with E-state index in [2.05, 4.69) is 51.7 Å². The van der Waals surface area contributed by atoms with Crippen molar-refractivity contribution in [1.82, 2.24) is 15.0 Å². The first-order chi connectivity index (χ1) is 8.86. The SMILES string of the molecule is CC(C)(C)c1nc(Br)cc(Sc2ncccc2Cl)n1. The van der Waals surface area contributed by atoms with Crippen LogP contribution in [0.5, 0.6) is 0 Å². The van der Waals surface area contributed by atoms with Crippen LogP contribution in [0.3, 0.4) is 0 Å². The Balaban J connectivity index is 2.36. The lowest BCUT2D eigenvalue weighted by molar-refractivity contribution is 0.536. The summed E-state index contributed by atoms with van der Waals surface area (Å²) in [7, 11) is 0. The van der Waals surface area contributed by atoms with Gasteiger partial charge in [0.15, 0.2) is 0 Å². The van der Waals surface area contributed by atoms with Crippen molar-refractivity contribution in [2.75, 3.05) is 0 Å². The number of nitrogens with zero attached hydrogens (tertiary/aromatic N) is 3. The molecule has 0 aromatic carbocycles. The summed E-state index contributed by atoms with van der Waals surface area (Å²) in [5.41, 5.74) is -0.104. The zero-order valence-electron chi connectivity index (χ0n) is 10.8. The Bertz CT molecular complexity index is 599. The van der Waals surface area contributed by atoms with Crippen LogP contribution in [0, 0.1) is 0 Å². The molecule has 0 saturated heterocycles. The van der Waals surface area contributed by atoms with Crippen LogP contribution < -0.4 is 0 Å². The highest BCUT2D eigenvalue weighted by atomic mass is 79.9. The summed E-state index contributed by atoms with van der Waals surface area (Å²) < 4.78 is 0.766.